The largest absolute Gasteiger partial charge is 0.496 e. The Balaban J connectivity index is 2.58. The highest BCUT2D eigenvalue weighted by Crippen LogP contribution is 2.40. The Labute approximate surface area is 83.7 Å². The van der Waals surface area contributed by atoms with Crippen LogP contribution in [0.5, 0.6) is 5.75 Å². The molecule has 0 radical (unpaired) electrons. The molecule has 0 spiro atoms. The van der Waals surface area contributed by atoms with Crippen molar-refractivity contribution in [1.29, 1.82) is 0 Å². The summed E-state index contributed by atoms with van der Waals surface area (Å²) >= 11 is 0. The average molecular weight is 193 g/mol. The molecule has 0 fully saturated rings. The molecular weight excluding hydrogens is 178 g/mol. The summed E-state index contributed by atoms with van der Waals surface area (Å²) in [5.41, 5.74) is 1.06. The number of nitrogens with one attached hydrogen (secondary N) is 1. The zero-order valence-electron chi connectivity index (χ0n) is 8.50. The van der Waals surface area contributed by atoms with Gasteiger partial charge in [-0.2, -0.15) is 0 Å². The SMILES string of the molecule is COc1cccc2c1C(C)(O)CCN2. The summed E-state index contributed by atoms with van der Waals surface area (Å²) in [5, 5.41) is 13.5. The van der Waals surface area contributed by atoms with Crippen molar-refractivity contribution in [1.82, 2.24) is 0 Å². The van der Waals surface area contributed by atoms with E-state index in [2.05, 4.69) is 5.32 Å². The van der Waals surface area contributed by atoms with Crippen molar-refractivity contribution in [3.63, 3.8) is 0 Å². The van der Waals surface area contributed by atoms with Gasteiger partial charge in [0.2, 0.25) is 0 Å². The van der Waals surface area contributed by atoms with E-state index in [0.29, 0.717) is 6.42 Å². The van der Waals surface area contributed by atoms with E-state index in [-0.39, 0.29) is 0 Å². The zero-order valence-corrected chi connectivity index (χ0v) is 8.50. The Morgan fingerprint density at radius 1 is 1.50 bits per heavy atom. The van der Waals surface area contributed by atoms with E-state index in [4.69, 9.17) is 4.74 Å². The molecule has 1 aromatic rings. The Morgan fingerprint density at radius 2 is 2.29 bits per heavy atom. The Kier molecular flexibility index (Phi) is 2.11. The minimum Gasteiger partial charge on any atom is -0.496 e. The molecule has 76 valence electrons. The van der Waals surface area contributed by atoms with Gasteiger partial charge in [-0.05, 0) is 25.5 Å². The molecule has 1 unspecified atom stereocenters. The number of benzene rings is 1. The molecular formula is C11H15NO2. The van der Waals surface area contributed by atoms with Crippen LogP contribution in [0, 0.1) is 0 Å². The van der Waals surface area contributed by atoms with Gasteiger partial charge in [-0.1, -0.05) is 6.07 Å². The number of fused-ring (bicyclic) bond motifs is 1. The maximum atomic E-state index is 10.2. The number of methoxy groups -OCH3 is 1. The molecule has 2 N–H and O–H groups in total. The van der Waals surface area contributed by atoms with Crippen LogP contribution in [0.3, 0.4) is 0 Å². The molecule has 0 saturated carbocycles. The van der Waals surface area contributed by atoms with Crippen LogP contribution in [0.15, 0.2) is 18.2 Å². The van der Waals surface area contributed by atoms with Crippen molar-refractivity contribution in [3.8, 4) is 5.75 Å². The van der Waals surface area contributed by atoms with Gasteiger partial charge < -0.3 is 15.2 Å². The third kappa shape index (κ3) is 1.34. The van der Waals surface area contributed by atoms with Crippen LogP contribution in [0.25, 0.3) is 0 Å². The molecule has 0 aliphatic carbocycles. The third-order valence-corrected chi connectivity index (χ3v) is 2.71. The van der Waals surface area contributed by atoms with Crippen molar-refractivity contribution in [2.75, 3.05) is 19.0 Å². The predicted octanol–water partition coefficient (Wildman–Crippen LogP) is 1.72. The van der Waals surface area contributed by atoms with Crippen LogP contribution in [0.2, 0.25) is 0 Å². The van der Waals surface area contributed by atoms with Crippen LogP contribution >= 0.6 is 0 Å². The summed E-state index contributed by atoms with van der Waals surface area (Å²) in [6.07, 6.45) is 0.709. The monoisotopic (exact) mass is 193 g/mol. The van der Waals surface area contributed by atoms with Gasteiger partial charge in [-0.3, -0.25) is 0 Å². The highest BCUT2D eigenvalue weighted by Gasteiger charge is 2.32. The molecule has 0 saturated heterocycles. The third-order valence-electron chi connectivity index (χ3n) is 2.71. The standard InChI is InChI=1S/C11H15NO2/c1-11(13)6-7-12-8-4-3-5-9(14-2)10(8)11/h3-5,12-13H,6-7H2,1-2H3. The van der Waals surface area contributed by atoms with E-state index in [9.17, 15) is 5.11 Å². The predicted molar refractivity (Wildman–Crippen MR) is 55.7 cm³/mol. The first-order valence-electron chi connectivity index (χ1n) is 4.79. The van der Waals surface area contributed by atoms with Crippen molar-refractivity contribution >= 4 is 5.69 Å². The maximum absolute atomic E-state index is 10.2. The van der Waals surface area contributed by atoms with E-state index in [1.54, 1.807) is 7.11 Å². The van der Waals surface area contributed by atoms with E-state index in [1.165, 1.54) is 0 Å². The molecule has 0 aromatic heterocycles. The Morgan fingerprint density at radius 3 is 3.00 bits per heavy atom. The normalized spacial score (nSPS) is 25.1. The van der Waals surface area contributed by atoms with Crippen LogP contribution in [-0.4, -0.2) is 18.8 Å². The van der Waals surface area contributed by atoms with E-state index in [1.807, 2.05) is 25.1 Å². The molecule has 1 aromatic carbocycles. The first-order valence-corrected chi connectivity index (χ1v) is 4.79. The molecule has 2 rings (SSSR count). The molecule has 0 bridgehead atoms. The van der Waals surface area contributed by atoms with E-state index >= 15 is 0 Å². The number of hydrogen-bond acceptors (Lipinski definition) is 3. The van der Waals surface area contributed by atoms with Crippen LogP contribution in [0.4, 0.5) is 5.69 Å². The van der Waals surface area contributed by atoms with Crippen molar-refractivity contribution in [2.24, 2.45) is 0 Å². The van der Waals surface area contributed by atoms with Gasteiger partial charge >= 0.3 is 0 Å². The average Bonchev–Trinajstić information content (AvgIpc) is 2.16. The van der Waals surface area contributed by atoms with E-state index in [0.717, 1.165) is 23.5 Å². The molecule has 0 amide bonds. The quantitative estimate of drug-likeness (QED) is 0.713. The van der Waals surface area contributed by atoms with Crippen LogP contribution in [-0.2, 0) is 5.60 Å². The summed E-state index contributed by atoms with van der Waals surface area (Å²) in [7, 11) is 1.63. The van der Waals surface area contributed by atoms with Crippen molar-refractivity contribution in [3.05, 3.63) is 23.8 Å². The smallest absolute Gasteiger partial charge is 0.127 e. The summed E-state index contributed by atoms with van der Waals surface area (Å²) in [4.78, 5) is 0. The Bertz CT molecular complexity index is 333. The Hall–Kier alpha value is -1.22. The van der Waals surface area contributed by atoms with Gasteiger partial charge in [0.05, 0.1) is 12.7 Å². The fourth-order valence-corrected chi connectivity index (χ4v) is 1.97. The fourth-order valence-electron chi connectivity index (χ4n) is 1.97. The number of hydrogen-bond donors (Lipinski definition) is 2. The van der Waals surface area contributed by atoms with Gasteiger partial charge in [0.15, 0.2) is 0 Å². The lowest BCUT2D eigenvalue weighted by atomic mass is 9.87. The molecule has 3 nitrogen and oxygen atoms in total. The van der Waals surface area contributed by atoms with E-state index < -0.39 is 5.60 Å². The summed E-state index contributed by atoms with van der Waals surface area (Å²) in [6, 6.07) is 5.76. The van der Waals surface area contributed by atoms with Crippen molar-refractivity contribution in [2.45, 2.75) is 18.9 Å². The molecule has 14 heavy (non-hydrogen) atoms. The maximum Gasteiger partial charge on any atom is 0.127 e. The van der Waals surface area contributed by atoms with Crippen LogP contribution in [0.1, 0.15) is 18.9 Å². The second-order valence-corrected chi connectivity index (χ2v) is 3.83. The minimum atomic E-state index is -0.785. The molecule has 1 heterocycles. The number of ether oxygens (including phenoxy) is 1. The lowest BCUT2D eigenvalue weighted by Crippen LogP contribution is -2.31. The molecule has 1 aliphatic heterocycles. The lowest BCUT2D eigenvalue weighted by Gasteiger charge is -2.33. The van der Waals surface area contributed by atoms with Gasteiger partial charge in [0.25, 0.3) is 0 Å². The number of anilines is 1. The number of rotatable bonds is 1. The minimum absolute atomic E-state index is 0.709. The summed E-state index contributed by atoms with van der Waals surface area (Å²) < 4.78 is 5.25. The fraction of sp³-hybridized carbons (Fsp3) is 0.455. The van der Waals surface area contributed by atoms with Crippen LogP contribution < -0.4 is 10.1 Å². The topological polar surface area (TPSA) is 41.5 Å². The first-order chi connectivity index (χ1) is 6.65. The number of aliphatic hydroxyl groups is 1. The molecule has 3 heteroatoms. The second kappa shape index (κ2) is 3.17. The van der Waals surface area contributed by atoms with Gasteiger partial charge in [-0.15, -0.1) is 0 Å². The molecule has 1 atom stereocenters. The van der Waals surface area contributed by atoms with Gasteiger partial charge in [0, 0.05) is 17.8 Å². The summed E-state index contributed by atoms with van der Waals surface area (Å²) in [6.45, 7) is 2.63. The van der Waals surface area contributed by atoms with Gasteiger partial charge in [0.1, 0.15) is 5.75 Å². The van der Waals surface area contributed by atoms with Crippen molar-refractivity contribution < 1.29 is 9.84 Å². The highest BCUT2D eigenvalue weighted by molar-refractivity contribution is 5.61. The summed E-state index contributed by atoms with van der Waals surface area (Å²) in [5.74, 6) is 0.750. The lowest BCUT2D eigenvalue weighted by molar-refractivity contribution is 0.0462. The van der Waals surface area contributed by atoms with Gasteiger partial charge in [-0.25, -0.2) is 0 Å². The highest BCUT2D eigenvalue weighted by atomic mass is 16.5. The second-order valence-electron chi connectivity index (χ2n) is 3.83. The molecule has 1 aliphatic rings. The zero-order chi connectivity index (χ0) is 10.2. The first kappa shape index (κ1) is 9.34.